The second-order valence-electron chi connectivity index (χ2n) is 5.95. The van der Waals surface area contributed by atoms with Crippen LogP contribution in [0, 0.1) is 10.1 Å². The fourth-order valence-electron chi connectivity index (χ4n) is 2.93. The predicted octanol–water partition coefficient (Wildman–Crippen LogP) is 4.39. The summed E-state index contributed by atoms with van der Waals surface area (Å²) in [5.74, 6) is 0. The Morgan fingerprint density at radius 1 is 1.00 bits per heavy atom. The van der Waals surface area contributed by atoms with Gasteiger partial charge in [0.1, 0.15) is 5.69 Å². The van der Waals surface area contributed by atoms with E-state index in [2.05, 4.69) is 27.7 Å². The SMILES string of the molecule is O=[N+]([O-])c1ccccc1NC(=S)Nc1ccc(N2CCCCC2)cc1. The van der Waals surface area contributed by atoms with Crippen LogP contribution < -0.4 is 15.5 Å². The maximum atomic E-state index is 11.0. The molecule has 0 bridgehead atoms. The van der Waals surface area contributed by atoms with Gasteiger partial charge >= 0.3 is 0 Å². The van der Waals surface area contributed by atoms with Gasteiger partial charge < -0.3 is 15.5 Å². The first kappa shape index (κ1) is 17.2. The van der Waals surface area contributed by atoms with E-state index in [0.29, 0.717) is 10.8 Å². The summed E-state index contributed by atoms with van der Waals surface area (Å²) >= 11 is 5.27. The first-order valence-corrected chi connectivity index (χ1v) is 8.71. The first-order valence-electron chi connectivity index (χ1n) is 8.30. The van der Waals surface area contributed by atoms with Gasteiger partial charge in [-0.25, -0.2) is 0 Å². The summed E-state index contributed by atoms with van der Waals surface area (Å²) in [7, 11) is 0. The Labute approximate surface area is 152 Å². The third-order valence-corrected chi connectivity index (χ3v) is 4.40. The van der Waals surface area contributed by atoms with Crippen molar-refractivity contribution in [2.45, 2.75) is 19.3 Å². The number of para-hydroxylation sites is 2. The number of hydrogen-bond donors (Lipinski definition) is 2. The Morgan fingerprint density at radius 3 is 2.36 bits per heavy atom. The molecule has 0 radical (unpaired) electrons. The number of nitro benzene ring substituents is 1. The summed E-state index contributed by atoms with van der Waals surface area (Å²) in [6.07, 6.45) is 3.79. The van der Waals surface area contributed by atoms with Crippen molar-refractivity contribution in [3.63, 3.8) is 0 Å². The Morgan fingerprint density at radius 2 is 1.68 bits per heavy atom. The second-order valence-corrected chi connectivity index (χ2v) is 6.36. The van der Waals surface area contributed by atoms with Crippen LogP contribution in [0.4, 0.5) is 22.7 Å². The Hall–Kier alpha value is -2.67. The zero-order valence-electron chi connectivity index (χ0n) is 13.8. The van der Waals surface area contributed by atoms with Gasteiger partial charge in [-0.05, 0) is 61.8 Å². The molecule has 1 saturated heterocycles. The maximum Gasteiger partial charge on any atom is 0.292 e. The smallest absolute Gasteiger partial charge is 0.292 e. The van der Waals surface area contributed by atoms with E-state index in [0.717, 1.165) is 18.8 Å². The van der Waals surface area contributed by atoms with Gasteiger partial charge in [0.25, 0.3) is 5.69 Å². The molecule has 1 aliphatic rings. The highest BCUT2D eigenvalue weighted by molar-refractivity contribution is 7.80. The van der Waals surface area contributed by atoms with E-state index in [1.165, 1.54) is 31.0 Å². The standard InChI is InChI=1S/C18H20N4O2S/c23-22(24)17-7-3-2-6-16(17)20-18(25)19-14-8-10-15(11-9-14)21-12-4-1-5-13-21/h2-3,6-11H,1,4-5,12-13H2,(H2,19,20,25). The number of thiocarbonyl (C=S) groups is 1. The van der Waals surface area contributed by atoms with Crippen LogP contribution in [-0.4, -0.2) is 23.1 Å². The third-order valence-electron chi connectivity index (χ3n) is 4.20. The van der Waals surface area contributed by atoms with Crippen LogP contribution in [0.15, 0.2) is 48.5 Å². The molecule has 1 heterocycles. The van der Waals surface area contributed by atoms with Gasteiger partial charge in [0.05, 0.1) is 4.92 Å². The summed E-state index contributed by atoms with van der Waals surface area (Å²) < 4.78 is 0. The number of benzene rings is 2. The molecule has 2 N–H and O–H groups in total. The van der Waals surface area contributed by atoms with Gasteiger partial charge in [-0.1, -0.05) is 12.1 Å². The summed E-state index contributed by atoms with van der Waals surface area (Å²) in [4.78, 5) is 13.0. The molecule has 6 nitrogen and oxygen atoms in total. The van der Waals surface area contributed by atoms with E-state index in [1.54, 1.807) is 18.2 Å². The summed E-state index contributed by atoms with van der Waals surface area (Å²) in [5.41, 5.74) is 2.42. The third kappa shape index (κ3) is 4.45. The van der Waals surface area contributed by atoms with E-state index in [9.17, 15) is 10.1 Å². The van der Waals surface area contributed by atoms with Crippen molar-refractivity contribution in [2.24, 2.45) is 0 Å². The second kappa shape index (κ2) is 7.94. The number of hydrogen-bond acceptors (Lipinski definition) is 4. The molecule has 3 rings (SSSR count). The fourth-order valence-corrected chi connectivity index (χ4v) is 3.16. The largest absolute Gasteiger partial charge is 0.372 e. The monoisotopic (exact) mass is 356 g/mol. The lowest BCUT2D eigenvalue weighted by Gasteiger charge is -2.28. The summed E-state index contributed by atoms with van der Waals surface area (Å²) in [6.45, 7) is 2.20. The van der Waals surface area contributed by atoms with E-state index in [4.69, 9.17) is 12.2 Å². The van der Waals surface area contributed by atoms with Gasteiger partial charge in [-0.15, -0.1) is 0 Å². The fraction of sp³-hybridized carbons (Fsp3) is 0.278. The molecule has 0 saturated carbocycles. The van der Waals surface area contributed by atoms with Gasteiger partial charge in [-0.3, -0.25) is 10.1 Å². The van der Waals surface area contributed by atoms with Crippen LogP contribution in [0.3, 0.4) is 0 Å². The van der Waals surface area contributed by atoms with E-state index >= 15 is 0 Å². The zero-order chi connectivity index (χ0) is 17.6. The van der Waals surface area contributed by atoms with Crippen molar-refractivity contribution >= 4 is 40.1 Å². The van der Waals surface area contributed by atoms with Crippen molar-refractivity contribution < 1.29 is 4.92 Å². The van der Waals surface area contributed by atoms with Crippen molar-refractivity contribution in [3.05, 3.63) is 58.6 Å². The lowest BCUT2D eigenvalue weighted by atomic mass is 10.1. The molecule has 0 amide bonds. The molecule has 0 aliphatic carbocycles. The van der Waals surface area contributed by atoms with Gasteiger partial charge in [0.15, 0.2) is 5.11 Å². The quantitative estimate of drug-likeness (QED) is 0.481. The molecule has 1 fully saturated rings. The summed E-state index contributed by atoms with van der Waals surface area (Å²) in [5, 5.41) is 17.3. The molecule has 0 spiro atoms. The van der Waals surface area contributed by atoms with Crippen LogP contribution >= 0.6 is 12.2 Å². The predicted molar refractivity (Wildman–Crippen MR) is 105 cm³/mol. The number of anilines is 3. The van der Waals surface area contributed by atoms with E-state index in [-0.39, 0.29) is 5.69 Å². The van der Waals surface area contributed by atoms with Gasteiger partial charge in [0, 0.05) is 30.5 Å². The van der Waals surface area contributed by atoms with Crippen LogP contribution in [0.5, 0.6) is 0 Å². The molecule has 130 valence electrons. The molecule has 0 unspecified atom stereocenters. The van der Waals surface area contributed by atoms with Crippen LogP contribution in [-0.2, 0) is 0 Å². The normalized spacial score (nSPS) is 14.0. The highest BCUT2D eigenvalue weighted by Gasteiger charge is 2.14. The zero-order valence-corrected chi connectivity index (χ0v) is 14.6. The Kier molecular flexibility index (Phi) is 5.45. The average Bonchev–Trinajstić information content (AvgIpc) is 2.63. The molecular formula is C18H20N4O2S. The molecule has 25 heavy (non-hydrogen) atoms. The number of nitrogens with one attached hydrogen (secondary N) is 2. The van der Waals surface area contributed by atoms with Crippen LogP contribution in [0.2, 0.25) is 0 Å². The molecule has 7 heteroatoms. The number of nitrogens with zero attached hydrogens (tertiary/aromatic N) is 2. The van der Waals surface area contributed by atoms with Gasteiger partial charge in [0.2, 0.25) is 0 Å². The van der Waals surface area contributed by atoms with E-state index in [1.807, 2.05) is 12.1 Å². The minimum absolute atomic E-state index is 0.00732. The van der Waals surface area contributed by atoms with Crippen molar-refractivity contribution in [1.29, 1.82) is 0 Å². The molecule has 2 aromatic carbocycles. The molecular weight excluding hydrogens is 336 g/mol. The lowest BCUT2D eigenvalue weighted by molar-refractivity contribution is -0.383. The maximum absolute atomic E-state index is 11.0. The Bertz CT molecular complexity index is 758. The molecule has 0 atom stereocenters. The number of nitro groups is 1. The highest BCUT2D eigenvalue weighted by Crippen LogP contribution is 2.24. The highest BCUT2D eigenvalue weighted by atomic mass is 32.1. The molecule has 2 aromatic rings. The molecule has 1 aliphatic heterocycles. The number of rotatable bonds is 4. The van der Waals surface area contributed by atoms with Crippen molar-refractivity contribution in [3.8, 4) is 0 Å². The lowest BCUT2D eigenvalue weighted by Crippen LogP contribution is -2.29. The number of piperidine rings is 1. The van der Waals surface area contributed by atoms with Crippen LogP contribution in [0.1, 0.15) is 19.3 Å². The average molecular weight is 356 g/mol. The minimum atomic E-state index is -0.432. The Balaban J connectivity index is 1.62. The first-order chi connectivity index (χ1) is 12.1. The van der Waals surface area contributed by atoms with Crippen molar-refractivity contribution in [2.75, 3.05) is 28.6 Å². The summed E-state index contributed by atoms with van der Waals surface area (Å²) in [6, 6.07) is 14.5. The minimum Gasteiger partial charge on any atom is -0.372 e. The van der Waals surface area contributed by atoms with Crippen LogP contribution in [0.25, 0.3) is 0 Å². The topological polar surface area (TPSA) is 70.4 Å². The van der Waals surface area contributed by atoms with Gasteiger partial charge in [-0.2, -0.15) is 0 Å². The van der Waals surface area contributed by atoms with E-state index < -0.39 is 4.92 Å². The van der Waals surface area contributed by atoms with Crippen molar-refractivity contribution in [1.82, 2.24) is 0 Å². The molecule has 0 aromatic heterocycles.